The molecule has 2 saturated heterocycles. The van der Waals surface area contributed by atoms with Crippen molar-refractivity contribution in [2.45, 2.75) is 45.6 Å². The summed E-state index contributed by atoms with van der Waals surface area (Å²) in [6, 6.07) is 13.6. The second-order valence-corrected chi connectivity index (χ2v) is 10.5. The Balaban J connectivity index is 1.44. The van der Waals surface area contributed by atoms with Gasteiger partial charge in [-0.1, -0.05) is 0 Å². The molecule has 41 heavy (non-hydrogen) atoms. The first-order valence-electron chi connectivity index (χ1n) is 14.2. The van der Waals surface area contributed by atoms with Crippen LogP contribution in [0.1, 0.15) is 39.5 Å². The van der Waals surface area contributed by atoms with Crippen LogP contribution >= 0.6 is 12.2 Å². The maximum absolute atomic E-state index is 13.7. The lowest BCUT2D eigenvalue weighted by atomic mass is 9.96. The number of amides is 3. The molecule has 0 spiro atoms. The van der Waals surface area contributed by atoms with Crippen molar-refractivity contribution in [3.05, 3.63) is 48.5 Å². The zero-order chi connectivity index (χ0) is 29.4. The number of rotatable bonds is 13. The third-order valence-corrected chi connectivity index (χ3v) is 7.83. The Bertz CT molecular complexity index is 1210. The van der Waals surface area contributed by atoms with E-state index in [1.54, 1.807) is 48.5 Å². The first-order valence-corrected chi connectivity index (χ1v) is 14.6. The SMILES string of the molecule is CCOc1ccc(NC(=O)C[C@@H]2C(=O)N(c3ccc(OCC)cc3)C(=S)N2CCCN2CCC(C(N)=O)CC2)cc1. The lowest BCUT2D eigenvalue weighted by molar-refractivity contribution is -0.124. The molecule has 3 amide bonds. The van der Waals surface area contributed by atoms with Gasteiger partial charge in [-0.15, -0.1) is 0 Å². The highest BCUT2D eigenvalue weighted by atomic mass is 32.1. The van der Waals surface area contributed by atoms with Crippen LogP contribution in [0.4, 0.5) is 11.4 Å². The molecule has 10 nitrogen and oxygen atoms in total. The Hall–Kier alpha value is -3.70. The maximum atomic E-state index is 13.7. The number of benzene rings is 2. The highest BCUT2D eigenvalue weighted by molar-refractivity contribution is 7.80. The zero-order valence-electron chi connectivity index (χ0n) is 23.7. The van der Waals surface area contributed by atoms with E-state index in [1.165, 1.54) is 4.90 Å². The number of nitrogens with zero attached hydrogens (tertiary/aromatic N) is 3. The molecule has 0 radical (unpaired) electrons. The van der Waals surface area contributed by atoms with Crippen LogP contribution in [-0.2, 0) is 14.4 Å². The van der Waals surface area contributed by atoms with E-state index in [0.717, 1.165) is 44.6 Å². The summed E-state index contributed by atoms with van der Waals surface area (Å²) in [7, 11) is 0. The summed E-state index contributed by atoms with van der Waals surface area (Å²) >= 11 is 5.81. The fourth-order valence-corrected chi connectivity index (χ4v) is 5.69. The molecule has 3 N–H and O–H groups in total. The Morgan fingerprint density at radius 1 is 0.951 bits per heavy atom. The van der Waals surface area contributed by atoms with Gasteiger partial charge in [0.05, 0.1) is 25.3 Å². The average molecular weight is 582 g/mol. The zero-order valence-corrected chi connectivity index (χ0v) is 24.5. The third kappa shape index (κ3) is 7.74. The molecule has 220 valence electrons. The van der Waals surface area contributed by atoms with Crippen molar-refractivity contribution >= 4 is 46.4 Å². The molecule has 2 aromatic carbocycles. The lowest BCUT2D eigenvalue weighted by Gasteiger charge is -2.31. The third-order valence-electron chi connectivity index (χ3n) is 7.42. The Kier molecular flexibility index (Phi) is 10.5. The Morgan fingerprint density at radius 2 is 1.54 bits per heavy atom. The van der Waals surface area contributed by atoms with E-state index >= 15 is 0 Å². The second-order valence-electron chi connectivity index (χ2n) is 10.2. The summed E-state index contributed by atoms with van der Waals surface area (Å²) in [5, 5.41) is 3.27. The molecular weight excluding hydrogens is 542 g/mol. The number of nitrogens with one attached hydrogen (secondary N) is 1. The standard InChI is InChI=1S/C30H39N5O5S/c1-3-39-24-10-6-22(7-11-24)32-27(36)20-26-29(38)35(23-8-12-25(13-9-23)40-4-2)30(41)34(26)17-5-16-33-18-14-21(15-19-33)28(31)37/h6-13,21,26H,3-5,14-20H2,1-2H3,(H2,31,37)(H,32,36)/t26-/m1/s1. The molecular formula is C30H39N5O5S. The number of nitrogens with two attached hydrogens (primary N) is 1. The van der Waals surface area contributed by atoms with E-state index in [2.05, 4.69) is 10.2 Å². The van der Waals surface area contributed by atoms with Crippen molar-refractivity contribution in [3.63, 3.8) is 0 Å². The van der Waals surface area contributed by atoms with Gasteiger partial charge in [0.25, 0.3) is 5.91 Å². The van der Waals surface area contributed by atoms with E-state index in [0.29, 0.717) is 42.0 Å². The molecule has 0 aliphatic carbocycles. The summed E-state index contributed by atoms with van der Waals surface area (Å²) in [5.74, 6) is 0.628. The Labute approximate surface area is 246 Å². The van der Waals surface area contributed by atoms with Gasteiger partial charge in [0.15, 0.2) is 5.11 Å². The van der Waals surface area contributed by atoms with Crippen LogP contribution in [0.2, 0.25) is 0 Å². The van der Waals surface area contributed by atoms with Crippen molar-refractivity contribution in [2.24, 2.45) is 11.7 Å². The van der Waals surface area contributed by atoms with Gasteiger partial charge in [0.2, 0.25) is 11.8 Å². The fourth-order valence-electron chi connectivity index (χ4n) is 5.28. The van der Waals surface area contributed by atoms with Crippen molar-refractivity contribution in [1.82, 2.24) is 9.80 Å². The minimum atomic E-state index is -0.725. The van der Waals surface area contributed by atoms with Gasteiger partial charge in [-0.05, 0) is 113 Å². The molecule has 11 heteroatoms. The van der Waals surface area contributed by atoms with Crippen LogP contribution in [0, 0.1) is 5.92 Å². The number of anilines is 2. The van der Waals surface area contributed by atoms with E-state index in [9.17, 15) is 14.4 Å². The van der Waals surface area contributed by atoms with Crippen molar-refractivity contribution in [3.8, 4) is 11.5 Å². The van der Waals surface area contributed by atoms with E-state index < -0.39 is 6.04 Å². The fraction of sp³-hybridized carbons (Fsp3) is 0.467. The summed E-state index contributed by atoms with van der Waals surface area (Å²) in [5.41, 5.74) is 6.73. The molecule has 2 aliphatic rings. The van der Waals surface area contributed by atoms with Crippen LogP contribution < -0.4 is 25.4 Å². The minimum Gasteiger partial charge on any atom is -0.494 e. The predicted molar refractivity (Wildman–Crippen MR) is 162 cm³/mol. The van der Waals surface area contributed by atoms with Gasteiger partial charge in [-0.25, -0.2) is 0 Å². The number of likely N-dealkylation sites (tertiary alicyclic amines) is 1. The number of hydrogen-bond donors (Lipinski definition) is 2. The summed E-state index contributed by atoms with van der Waals surface area (Å²) < 4.78 is 11.0. The number of piperidine rings is 1. The molecule has 0 bridgehead atoms. The number of thiocarbonyl (C=S) groups is 1. The number of primary amides is 1. The Morgan fingerprint density at radius 3 is 2.10 bits per heavy atom. The molecule has 0 aromatic heterocycles. The number of ether oxygens (including phenoxy) is 2. The van der Waals surface area contributed by atoms with Crippen molar-refractivity contribution in [1.29, 1.82) is 0 Å². The van der Waals surface area contributed by atoms with Crippen molar-refractivity contribution in [2.75, 3.05) is 49.6 Å². The van der Waals surface area contributed by atoms with E-state index in [4.69, 9.17) is 27.4 Å². The summed E-state index contributed by atoms with van der Waals surface area (Å²) in [6.45, 7) is 7.86. The minimum absolute atomic E-state index is 0.0380. The highest BCUT2D eigenvalue weighted by Crippen LogP contribution is 2.29. The monoisotopic (exact) mass is 581 g/mol. The van der Waals surface area contributed by atoms with Crippen LogP contribution in [0.25, 0.3) is 0 Å². The number of carbonyl (C=O) groups excluding carboxylic acids is 3. The van der Waals surface area contributed by atoms with Gasteiger partial charge in [-0.3, -0.25) is 19.3 Å². The average Bonchev–Trinajstić information content (AvgIpc) is 3.19. The van der Waals surface area contributed by atoms with E-state index in [1.807, 2.05) is 18.7 Å². The topological polar surface area (TPSA) is 117 Å². The van der Waals surface area contributed by atoms with Gasteiger partial charge in [-0.2, -0.15) is 0 Å². The maximum Gasteiger partial charge on any atom is 0.256 e. The molecule has 2 fully saturated rings. The molecule has 0 unspecified atom stereocenters. The van der Waals surface area contributed by atoms with Crippen LogP contribution in [-0.4, -0.2) is 78.1 Å². The summed E-state index contributed by atoms with van der Waals surface area (Å²) in [6.07, 6.45) is 2.23. The van der Waals surface area contributed by atoms with Gasteiger partial charge in [0.1, 0.15) is 17.5 Å². The van der Waals surface area contributed by atoms with Crippen LogP contribution in [0.5, 0.6) is 11.5 Å². The molecule has 0 saturated carbocycles. The van der Waals surface area contributed by atoms with E-state index in [-0.39, 0.29) is 30.1 Å². The normalized spacial score (nSPS) is 18.0. The van der Waals surface area contributed by atoms with Gasteiger partial charge < -0.3 is 30.3 Å². The first kappa shape index (κ1) is 30.3. The predicted octanol–water partition coefficient (Wildman–Crippen LogP) is 3.40. The van der Waals surface area contributed by atoms with Gasteiger partial charge >= 0.3 is 0 Å². The smallest absolute Gasteiger partial charge is 0.256 e. The lowest BCUT2D eigenvalue weighted by Crippen LogP contribution is -2.41. The van der Waals surface area contributed by atoms with Crippen LogP contribution in [0.3, 0.4) is 0 Å². The molecule has 1 atom stereocenters. The highest BCUT2D eigenvalue weighted by Gasteiger charge is 2.44. The summed E-state index contributed by atoms with van der Waals surface area (Å²) in [4.78, 5) is 44.0. The quantitative estimate of drug-likeness (QED) is 0.346. The molecule has 2 aromatic rings. The largest absolute Gasteiger partial charge is 0.494 e. The van der Waals surface area contributed by atoms with Crippen LogP contribution in [0.15, 0.2) is 48.5 Å². The number of hydrogen-bond acceptors (Lipinski definition) is 7. The second kappa shape index (κ2) is 14.3. The number of carbonyl (C=O) groups is 3. The molecule has 2 aliphatic heterocycles. The molecule has 4 rings (SSSR count). The molecule has 2 heterocycles. The van der Waals surface area contributed by atoms with Crippen molar-refractivity contribution < 1.29 is 23.9 Å². The van der Waals surface area contributed by atoms with Gasteiger partial charge in [0, 0.05) is 18.2 Å². The first-order chi connectivity index (χ1) is 19.8.